The minimum atomic E-state index is 0.383. The van der Waals surface area contributed by atoms with Crippen molar-refractivity contribution in [3.8, 4) is 6.07 Å². The molecule has 0 bridgehead atoms. The molecule has 0 aliphatic carbocycles. The van der Waals surface area contributed by atoms with Crippen molar-refractivity contribution in [2.45, 2.75) is 32.6 Å². The molecule has 0 aromatic heterocycles. The van der Waals surface area contributed by atoms with Gasteiger partial charge in [0.1, 0.15) is 0 Å². The predicted octanol–water partition coefficient (Wildman–Crippen LogP) is 6.39. The van der Waals surface area contributed by atoms with Crippen molar-refractivity contribution in [1.29, 1.82) is 5.26 Å². The van der Waals surface area contributed by atoms with Crippen molar-refractivity contribution >= 4 is 28.6 Å². The van der Waals surface area contributed by atoms with E-state index in [1.807, 2.05) is 12.1 Å². The lowest BCUT2D eigenvalue weighted by molar-refractivity contribution is 0.194. The number of aliphatic imine (C=N–C) groups is 1. The molecule has 1 saturated heterocycles. The van der Waals surface area contributed by atoms with Gasteiger partial charge in [-0.1, -0.05) is 50.3 Å². The smallest absolute Gasteiger partial charge is 0.0991 e. The highest BCUT2D eigenvalue weighted by molar-refractivity contribution is 6.04. The SMILES string of the molecule is CC(C)C1=NCCc2ccc(C=Cc3cc(C4CCOC4)c4cc(C#N)ccc4c3)cc21. The van der Waals surface area contributed by atoms with E-state index in [4.69, 9.17) is 9.73 Å². The molecule has 0 N–H and O–H groups in total. The topological polar surface area (TPSA) is 45.4 Å². The van der Waals surface area contributed by atoms with E-state index in [2.05, 4.69) is 68.5 Å². The van der Waals surface area contributed by atoms with Crippen molar-refractivity contribution in [1.82, 2.24) is 0 Å². The van der Waals surface area contributed by atoms with Crippen molar-refractivity contribution in [2.75, 3.05) is 19.8 Å². The van der Waals surface area contributed by atoms with Crippen LogP contribution in [0.1, 0.15) is 59.6 Å². The van der Waals surface area contributed by atoms with Gasteiger partial charge in [-0.3, -0.25) is 4.99 Å². The number of ether oxygens (including phenoxy) is 1. The number of rotatable bonds is 4. The number of nitriles is 1. The molecule has 0 spiro atoms. The number of fused-ring (bicyclic) bond motifs is 2. The Morgan fingerprint density at radius 1 is 1.06 bits per heavy atom. The Labute approximate surface area is 190 Å². The van der Waals surface area contributed by atoms with Gasteiger partial charge in [-0.25, -0.2) is 0 Å². The Hall–Kier alpha value is -3.22. The summed E-state index contributed by atoms with van der Waals surface area (Å²) >= 11 is 0. The third-order valence-corrected chi connectivity index (χ3v) is 6.60. The van der Waals surface area contributed by atoms with Gasteiger partial charge in [0.05, 0.1) is 18.2 Å². The third kappa shape index (κ3) is 3.99. The summed E-state index contributed by atoms with van der Waals surface area (Å²) in [6.07, 6.45) is 6.46. The molecule has 0 saturated carbocycles. The molecule has 3 aromatic carbocycles. The van der Waals surface area contributed by atoms with Gasteiger partial charge in [0.25, 0.3) is 0 Å². The van der Waals surface area contributed by atoms with E-state index in [9.17, 15) is 5.26 Å². The Balaban J connectivity index is 1.53. The molecule has 2 aliphatic rings. The zero-order valence-electron chi connectivity index (χ0n) is 18.8. The highest BCUT2D eigenvalue weighted by Crippen LogP contribution is 2.34. The zero-order valence-corrected chi connectivity index (χ0v) is 18.8. The number of nitrogens with zero attached hydrogens (tertiary/aromatic N) is 2. The highest BCUT2D eigenvalue weighted by Gasteiger charge is 2.21. The fourth-order valence-corrected chi connectivity index (χ4v) is 4.92. The van der Waals surface area contributed by atoms with Gasteiger partial charge < -0.3 is 4.74 Å². The van der Waals surface area contributed by atoms with Crippen LogP contribution in [0.4, 0.5) is 0 Å². The standard InChI is InChI=1S/C29H28N2O/c1-19(2)29-28-14-20(5-7-23(28)9-11-31-29)3-4-21-13-24-8-6-22(17-30)16-26(24)27(15-21)25-10-12-32-18-25/h3-8,13-16,19,25H,9-12,18H2,1-2H3. The Bertz CT molecular complexity index is 1270. The molecule has 5 rings (SSSR count). The first-order valence-electron chi connectivity index (χ1n) is 11.5. The third-order valence-electron chi connectivity index (χ3n) is 6.60. The van der Waals surface area contributed by atoms with Crippen LogP contribution < -0.4 is 0 Å². The summed E-state index contributed by atoms with van der Waals surface area (Å²) < 4.78 is 5.67. The first-order valence-corrected chi connectivity index (χ1v) is 11.5. The molecule has 2 aliphatic heterocycles. The maximum Gasteiger partial charge on any atom is 0.0991 e. The van der Waals surface area contributed by atoms with Gasteiger partial charge in [0.15, 0.2) is 0 Å². The molecule has 1 atom stereocenters. The fourth-order valence-electron chi connectivity index (χ4n) is 4.92. The molecule has 0 radical (unpaired) electrons. The lowest BCUT2D eigenvalue weighted by Crippen LogP contribution is -2.18. The summed E-state index contributed by atoms with van der Waals surface area (Å²) in [6, 6.07) is 19.5. The molecule has 3 aromatic rings. The lowest BCUT2D eigenvalue weighted by atomic mass is 9.89. The van der Waals surface area contributed by atoms with Gasteiger partial charge in [-0.15, -0.1) is 0 Å². The molecule has 32 heavy (non-hydrogen) atoms. The average molecular weight is 421 g/mol. The van der Waals surface area contributed by atoms with Crippen LogP contribution in [-0.4, -0.2) is 25.5 Å². The van der Waals surface area contributed by atoms with Gasteiger partial charge >= 0.3 is 0 Å². The van der Waals surface area contributed by atoms with E-state index in [1.165, 1.54) is 44.3 Å². The van der Waals surface area contributed by atoms with Gasteiger partial charge in [0.2, 0.25) is 0 Å². The summed E-state index contributed by atoms with van der Waals surface area (Å²) in [6.45, 7) is 6.89. The predicted molar refractivity (Wildman–Crippen MR) is 132 cm³/mol. The number of hydrogen-bond donors (Lipinski definition) is 0. The Kier molecular flexibility index (Phi) is 5.64. The molecule has 2 heterocycles. The lowest BCUT2D eigenvalue weighted by Gasteiger charge is -2.20. The van der Waals surface area contributed by atoms with Crippen molar-refractivity contribution in [3.63, 3.8) is 0 Å². The fraction of sp³-hybridized carbons (Fsp3) is 0.310. The molecular formula is C29H28N2O. The van der Waals surface area contributed by atoms with Gasteiger partial charge in [0, 0.05) is 24.8 Å². The van der Waals surface area contributed by atoms with Gasteiger partial charge in [-0.2, -0.15) is 5.26 Å². The van der Waals surface area contributed by atoms with Crippen molar-refractivity contribution in [2.24, 2.45) is 10.9 Å². The molecule has 3 heteroatoms. The van der Waals surface area contributed by atoms with Crippen molar-refractivity contribution < 1.29 is 4.74 Å². The Morgan fingerprint density at radius 3 is 2.72 bits per heavy atom. The summed E-state index contributed by atoms with van der Waals surface area (Å²) in [5, 5.41) is 11.7. The number of benzene rings is 3. The van der Waals surface area contributed by atoms with E-state index in [0.29, 0.717) is 17.4 Å². The average Bonchev–Trinajstić information content (AvgIpc) is 3.36. The molecular weight excluding hydrogens is 392 g/mol. The van der Waals surface area contributed by atoms with Crippen molar-refractivity contribution in [3.05, 3.63) is 81.9 Å². The molecule has 1 fully saturated rings. The molecule has 3 nitrogen and oxygen atoms in total. The summed E-state index contributed by atoms with van der Waals surface area (Å²) in [5.41, 5.74) is 8.31. The van der Waals surface area contributed by atoms with E-state index < -0.39 is 0 Å². The van der Waals surface area contributed by atoms with E-state index in [1.54, 1.807) is 0 Å². The minimum Gasteiger partial charge on any atom is -0.381 e. The monoisotopic (exact) mass is 420 g/mol. The second-order valence-corrected chi connectivity index (χ2v) is 9.14. The Morgan fingerprint density at radius 2 is 1.94 bits per heavy atom. The second-order valence-electron chi connectivity index (χ2n) is 9.14. The summed E-state index contributed by atoms with van der Waals surface area (Å²) in [5.74, 6) is 0.816. The molecule has 160 valence electrons. The van der Waals surface area contributed by atoms with Crippen LogP contribution in [0.2, 0.25) is 0 Å². The minimum absolute atomic E-state index is 0.383. The van der Waals surface area contributed by atoms with Crippen LogP contribution in [0.3, 0.4) is 0 Å². The van der Waals surface area contributed by atoms with Crippen LogP contribution in [0.25, 0.3) is 22.9 Å². The van der Waals surface area contributed by atoms with Crippen LogP contribution in [0.5, 0.6) is 0 Å². The van der Waals surface area contributed by atoms with E-state index >= 15 is 0 Å². The first-order chi connectivity index (χ1) is 15.6. The molecule has 1 unspecified atom stereocenters. The van der Waals surface area contributed by atoms with Crippen LogP contribution in [-0.2, 0) is 11.2 Å². The largest absolute Gasteiger partial charge is 0.381 e. The normalized spacial score (nSPS) is 18.2. The molecule has 0 amide bonds. The summed E-state index contributed by atoms with van der Waals surface area (Å²) in [4.78, 5) is 4.79. The summed E-state index contributed by atoms with van der Waals surface area (Å²) in [7, 11) is 0. The van der Waals surface area contributed by atoms with Crippen LogP contribution in [0, 0.1) is 17.2 Å². The van der Waals surface area contributed by atoms with Crippen LogP contribution >= 0.6 is 0 Å². The van der Waals surface area contributed by atoms with E-state index in [0.717, 1.165) is 32.6 Å². The second kappa shape index (κ2) is 8.73. The maximum atomic E-state index is 9.36. The van der Waals surface area contributed by atoms with E-state index in [-0.39, 0.29) is 0 Å². The first kappa shape index (κ1) is 20.7. The quantitative estimate of drug-likeness (QED) is 0.459. The zero-order chi connectivity index (χ0) is 22.1. The van der Waals surface area contributed by atoms with Crippen LogP contribution in [0.15, 0.2) is 53.5 Å². The van der Waals surface area contributed by atoms with Gasteiger partial charge in [-0.05, 0) is 81.6 Å². The highest BCUT2D eigenvalue weighted by atomic mass is 16.5. The maximum absolute atomic E-state index is 9.36. The number of hydrogen-bond acceptors (Lipinski definition) is 3.